The van der Waals surface area contributed by atoms with Gasteiger partial charge in [-0.15, -0.1) is 23.2 Å². The van der Waals surface area contributed by atoms with E-state index in [9.17, 15) is 9.90 Å². The quantitative estimate of drug-likeness (QED) is 0.314. The molecule has 0 bridgehead atoms. The Kier molecular flexibility index (Phi) is 6.95. The van der Waals surface area contributed by atoms with Gasteiger partial charge in [-0.3, -0.25) is 0 Å². The van der Waals surface area contributed by atoms with Crippen LogP contribution >= 0.6 is 23.2 Å². The molecule has 0 heterocycles. The first-order chi connectivity index (χ1) is 15.0. The van der Waals surface area contributed by atoms with E-state index in [1.165, 1.54) is 24.0 Å². The Morgan fingerprint density at radius 2 is 1.84 bits per heavy atom. The summed E-state index contributed by atoms with van der Waals surface area (Å²) in [6.07, 6.45) is 6.50. The first-order valence-electron chi connectivity index (χ1n) is 11.2. The number of fused-ring (bicyclic) bond motifs is 5. The lowest BCUT2D eigenvalue weighted by molar-refractivity contribution is -0.0226. The summed E-state index contributed by atoms with van der Waals surface area (Å²) < 4.78 is 5.63. The highest BCUT2D eigenvalue weighted by molar-refractivity contribution is 6.40. The Morgan fingerprint density at radius 1 is 1.10 bits per heavy atom. The van der Waals surface area contributed by atoms with Gasteiger partial charge >= 0.3 is 5.97 Å². The highest BCUT2D eigenvalue weighted by Gasteiger charge is 2.54. The first kappa shape index (κ1) is 22.6. The smallest absolute Gasteiger partial charge is 0.343 e. The van der Waals surface area contributed by atoms with E-state index < -0.39 is 0 Å². The van der Waals surface area contributed by atoms with Gasteiger partial charge in [0.25, 0.3) is 0 Å². The van der Waals surface area contributed by atoms with E-state index in [4.69, 9.17) is 27.9 Å². The molecule has 0 aliphatic heterocycles. The SMILES string of the molecule is C[C@]12CC[C@@H]3c4ccc(OC(=O)c5ccccc5)cc4CC[C@H]3[C@@H]1CCC2O.ClCCl. The van der Waals surface area contributed by atoms with E-state index in [0.29, 0.717) is 29.1 Å². The van der Waals surface area contributed by atoms with Gasteiger partial charge in [-0.05, 0) is 97.1 Å². The Balaban J connectivity index is 0.000000730. The molecule has 31 heavy (non-hydrogen) atoms. The number of hydrogen-bond donors (Lipinski definition) is 1. The van der Waals surface area contributed by atoms with E-state index in [1.54, 1.807) is 12.1 Å². The molecule has 5 rings (SSSR count). The van der Waals surface area contributed by atoms with Crippen molar-refractivity contribution >= 4 is 29.2 Å². The zero-order chi connectivity index (χ0) is 22.0. The van der Waals surface area contributed by atoms with Gasteiger partial charge in [-0.25, -0.2) is 4.79 Å². The van der Waals surface area contributed by atoms with Crippen LogP contribution in [0.25, 0.3) is 0 Å². The molecule has 0 saturated heterocycles. The standard InChI is InChI=1S/C25H28O3.CH2Cl2/c1-25-14-13-20-19-10-8-18(28-24(27)16-5-3-2-4-6-16)15-17(19)7-9-21(20)22(25)11-12-23(25)26;2-1-3/h2-6,8,10,15,20-23,26H,7,9,11-14H2,1H3;1H2/t20-,21-,22+,23?,25+;/m1./s1. The number of carbonyl (C=O) groups is 1. The number of benzene rings is 2. The van der Waals surface area contributed by atoms with E-state index >= 15 is 0 Å². The normalized spacial score (nSPS) is 30.8. The van der Waals surface area contributed by atoms with Crippen LogP contribution in [0.2, 0.25) is 0 Å². The van der Waals surface area contributed by atoms with Gasteiger partial charge in [0, 0.05) is 0 Å². The molecule has 5 heteroatoms. The monoisotopic (exact) mass is 460 g/mol. The predicted molar refractivity (Wildman–Crippen MR) is 125 cm³/mol. The van der Waals surface area contributed by atoms with Crippen molar-refractivity contribution in [3.8, 4) is 5.75 Å². The van der Waals surface area contributed by atoms with Gasteiger partial charge in [-0.2, -0.15) is 0 Å². The molecule has 3 aliphatic rings. The maximum absolute atomic E-state index is 12.4. The topological polar surface area (TPSA) is 46.5 Å². The average Bonchev–Trinajstić information content (AvgIpc) is 3.09. The molecule has 1 N–H and O–H groups in total. The lowest BCUT2D eigenvalue weighted by Gasteiger charge is -2.50. The maximum Gasteiger partial charge on any atom is 0.343 e. The van der Waals surface area contributed by atoms with Crippen molar-refractivity contribution in [3.05, 3.63) is 65.2 Å². The summed E-state index contributed by atoms with van der Waals surface area (Å²) in [5.74, 6) is 2.25. The van der Waals surface area contributed by atoms with Crippen LogP contribution in [0.15, 0.2) is 48.5 Å². The van der Waals surface area contributed by atoms with Crippen molar-refractivity contribution < 1.29 is 14.6 Å². The second kappa shape index (κ2) is 9.52. The average molecular weight is 461 g/mol. The van der Waals surface area contributed by atoms with Crippen LogP contribution < -0.4 is 4.74 Å². The van der Waals surface area contributed by atoms with Gasteiger partial charge in [0.2, 0.25) is 0 Å². The fraction of sp³-hybridized carbons (Fsp3) is 0.500. The molecule has 166 valence electrons. The van der Waals surface area contributed by atoms with Crippen LogP contribution in [-0.4, -0.2) is 22.5 Å². The van der Waals surface area contributed by atoms with Crippen molar-refractivity contribution in [2.75, 3.05) is 5.34 Å². The fourth-order valence-electron chi connectivity index (χ4n) is 6.33. The molecule has 3 nitrogen and oxygen atoms in total. The summed E-state index contributed by atoms with van der Waals surface area (Å²) in [6, 6.07) is 15.4. The minimum Gasteiger partial charge on any atom is -0.423 e. The lowest BCUT2D eigenvalue weighted by Crippen LogP contribution is -2.43. The fourth-order valence-corrected chi connectivity index (χ4v) is 6.33. The third-order valence-corrected chi connectivity index (χ3v) is 7.87. The highest BCUT2D eigenvalue weighted by Crippen LogP contribution is 2.60. The lowest BCUT2D eigenvalue weighted by atomic mass is 9.55. The minimum absolute atomic E-state index is 0.115. The third-order valence-electron chi connectivity index (χ3n) is 7.87. The molecule has 5 atom stereocenters. The number of esters is 1. The maximum atomic E-state index is 12.4. The van der Waals surface area contributed by atoms with Crippen molar-refractivity contribution in [2.45, 2.75) is 57.5 Å². The predicted octanol–water partition coefficient (Wildman–Crippen LogP) is 6.54. The van der Waals surface area contributed by atoms with Crippen LogP contribution in [0.1, 0.15) is 66.4 Å². The second-order valence-electron chi connectivity index (χ2n) is 9.27. The number of alkyl halides is 2. The van der Waals surface area contributed by atoms with Gasteiger partial charge < -0.3 is 9.84 Å². The molecule has 0 radical (unpaired) electrons. The second-order valence-corrected chi connectivity index (χ2v) is 10.1. The summed E-state index contributed by atoms with van der Waals surface area (Å²) in [4.78, 5) is 12.4. The van der Waals surface area contributed by atoms with E-state index in [1.807, 2.05) is 24.3 Å². The molecule has 0 spiro atoms. The number of aliphatic hydroxyl groups is 1. The zero-order valence-electron chi connectivity index (χ0n) is 17.9. The zero-order valence-corrected chi connectivity index (χ0v) is 19.4. The van der Waals surface area contributed by atoms with Crippen LogP contribution in [0.5, 0.6) is 5.75 Å². The number of halogens is 2. The summed E-state index contributed by atoms with van der Waals surface area (Å²) >= 11 is 9.53. The Labute approximate surface area is 194 Å². The van der Waals surface area contributed by atoms with Crippen LogP contribution in [0, 0.1) is 17.3 Å². The largest absolute Gasteiger partial charge is 0.423 e. The summed E-state index contributed by atoms with van der Waals surface area (Å²) in [7, 11) is 0. The molecule has 2 fully saturated rings. The molecule has 2 aromatic carbocycles. The molecule has 2 aromatic rings. The molecule has 1 unspecified atom stereocenters. The summed E-state index contributed by atoms with van der Waals surface area (Å²) in [6.45, 7) is 2.31. The van der Waals surface area contributed by atoms with Crippen molar-refractivity contribution in [3.63, 3.8) is 0 Å². The molecular weight excluding hydrogens is 431 g/mol. The van der Waals surface area contributed by atoms with Crippen molar-refractivity contribution in [2.24, 2.45) is 17.3 Å². The van der Waals surface area contributed by atoms with E-state index in [0.717, 1.165) is 25.7 Å². The number of hydrogen-bond acceptors (Lipinski definition) is 3. The van der Waals surface area contributed by atoms with Gasteiger partial charge in [0.15, 0.2) is 0 Å². The number of aryl methyl sites for hydroxylation is 1. The number of rotatable bonds is 2. The van der Waals surface area contributed by atoms with Gasteiger partial charge in [0.05, 0.1) is 17.0 Å². The first-order valence-corrected chi connectivity index (χ1v) is 12.2. The molecule has 0 amide bonds. The van der Waals surface area contributed by atoms with Crippen LogP contribution in [0.3, 0.4) is 0 Å². The Bertz CT molecular complexity index is 916. The number of ether oxygens (including phenoxy) is 1. The highest BCUT2D eigenvalue weighted by atomic mass is 35.5. The molecule has 2 saturated carbocycles. The molecular formula is C26H30Cl2O3. The van der Waals surface area contributed by atoms with Crippen LogP contribution in [0.4, 0.5) is 0 Å². The summed E-state index contributed by atoms with van der Waals surface area (Å²) in [5, 5.41) is 10.7. The van der Waals surface area contributed by atoms with Crippen molar-refractivity contribution in [1.82, 2.24) is 0 Å². The Hall–Kier alpha value is -1.55. The Morgan fingerprint density at radius 3 is 2.58 bits per heavy atom. The number of carbonyl (C=O) groups excluding carboxylic acids is 1. The summed E-state index contributed by atoms with van der Waals surface area (Å²) in [5.41, 5.74) is 3.47. The van der Waals surface area contributed by atoms with Gasteiger partial charge in [0.1, 0.15) is 5.75 Å². The third kappa shape index (κ3) is 4.37. The van der Waals surface area contributed by atoms with Crippen molar-refractivity contribution in [1.29, 1.82) is 0 Å². The van der Waals surface area contributed by atoms with E-state index in [-0.39, 0.29) is 22.8 Å². The van der Waals surface area contributed by atoms with E-state index in [2.05, 4.69) is 19.1 Å². The minimum atomic E-state index is -0.303. The van der Waals surface area contributed by atoms with Gasteiger partial charge in [-0.1, -0.05) is 31.2 Å². The number of aliphatic hydroxyl groups excluding tert-OH is 1. The van der Waals surface area contributed by atoms with Crippen LogP contribution in [-0.2, 0) is 6.42 Å². The molecule has 3 aliphatic carbocycles. The molecule has 0 aromatic heterocycles.